The van der Waals surface area contributed by atoms with Crippen molar-refractivity contribution >= 4 is 44.0 Å². The van der Waals surface area contributed by atoms with Gasteiger partial charge in [0, 0.05) is 49.4 Å². The van der Waals surface area contributed by atoms with Crippen LogP contribution in [0.3, 0.4) is 0 Å². The summed E-state index contributed by atoms with van der Waals surface area (Å²) in [6.45, 7) is 2.80. The van der Waals surface area contributed by atoms with E-state index in [2.05, 4.69) is 10.0 Å². The van der Waals surface area contributed by atoms with Crippen LogP contribution in [-0.2, 0) is 21.4 Å². The van der Waals surface area contributed by atoms with Gasteiger partial charge in [-0.25, -0.2) is 8.42 Å². The Balaban J connectivity index is 1.22. The van der Waals surface area contributed by atoms with Crippen LogP contribution < -0.4 is 15.6 Å². The molecule has 2 atom stereocenters. The number of likely N-dealkylation sites (tertiary alicyclic amines) is 1. The number of carbonyl (C=O) groups excluding carboxylic acids is 2. The molecule has 3 heterocycles. The van der Waals surface area contributed by atoms with Crippen molar-refractivity contribution in [1.29, 1.82) is 0 Å². The number of aromatic nitrogens is 1. The molecule has 2 bridgehead atoms. The first-order valence-corrected chi connectivity index (χ1v) is 14.6. The Bertz CT molecular complexity index is 1810. The van der Waals surface area contributed by atoms with Gasteiger partial charge >= 0.3 is 0 Å². The predicted molar refractivity (Wildman–Crippen MR) is 153 cm³/mol. The van der Waals surface area contributed by atoms with Gasteiger partial charge in [0.05, 0.1) is 4.90 Å². The minimum atomic E-state index is -4.02. The summed E-state index contributed by atoms with van der Waals surface area (Å²) in [6, 6.07) is 22.7. The van der Waals surface area contributed by atoms with Crippen LogP contribution in [0, 0.1) is 5.92 Å². The van der Waals surface area contributed by atoms with Gasteiger partial charge in [-0.1, -0.05) is 30.3 Å². The van der Waals surface area contributed by atoms with E-state index in [1.165, 1.54) is 37.3 Å². The van der Waals surface area contributed by atoms with E-state index in [0.717, 1.165) is 22.9 Å². The van der Waals surface area contributed by atoms with Gasteiger partial charge in [-0.05, 0) is 71.6 Å². The fraction of sp³-hybridized carbons (Fsp3) is 0.233. The molecule has 2 amide bonds. The zero-order valence-corrected chi connectivity index (χ0v) is 22.6. The maximum absolute atomic E-state index is 13.4. The van der Waals surface area contributed by atoms with Crippen LogP contribution in [0.15, 0.2) is 88.6 Å². The van der Waals surface area contributed by atoms with E-state index in [0.29, 0.717) is 30.9 Å². The summed E-state index contributed by atoms with van der Waals surface area (Å²) in [5.74, 6) is -0.218. The average molecular weight is 557 g/mol. The Morgan fingerprint density at radius 2 is 1.62 bits per heavy atom. The number of pyridine rings is 1. The van der Waals surface area contributed by atoms with E-state index in [9.17, 15) is 22.8 Å². The molecule has 1 fully saturated rings. The third kappa shape index (κ3) is 4.86. The van der Waals surface area contributed by atoms with Crippen molar-refractivity contribution in [3.63, 3.8) is 0 Å². The van der Waals surface area contributed by atoms with Crippen LogP contribution in [0.5, 0.6) is 0 Å². The predicted octanol–water partition coefficient (Wildman–Crippen LogP) is 4.02. The number of benzene rings is 3. The lowest BCUT2D eigenvalue weighted by Gasteiger charge is -2.43. The molecule has 204 valence electrons. The molecule has 2 aliphatic rings. The molecule has 0 radical (unpaired) electrons. The summed E-state index contributed by atoms with van der Waals surface area (Å²) in [4.78, 5) is 39.9. The molecule has 2 unspecified atom stereocenters. The number of sulfonamides is 1. The van der Waals surface area contributed by atoms with Gasteiger partial charge in [0.2, 0.25) is 5.91 Å². The number of rotatable bonds is 5. The van der Waals surface area contributed by atoms with Crippen molar-refractivity contribution in [3.8, 4) is 0 Å². The number of hydrogen-bond donors (Lipinski definition) is 2. The van der Waals surface area contributed by atoms with Gasteiger partial charge in [-0.2, -0.15) is 0 Å². The first-order chi connectivity index (χ1) is 19.2. The zero-order valence-electron chi connectivity index (χ0n) is 21.8. The Morgan fingerprint density at radius 3 is 2.38 bits per heavy atom. The molecule has 6 rings (SSSR count). The molecule has 4 aromatic rings. The number of hydrogen-bond acceptors (Lipinski definition) is 5. The number of piperidine rings is 1. The summed E-state index contributed by atoms with van der Waals surface area (Å²) in [7, 11) is -4.02. The second-order valence-corrected chi connectivity index (χ2v) is 12.2. The smallest absolute Gasteiger partial charge is 0.275 e. The van der Waals surface area contributed by atoms with Crippen molar-refractivity contribution in [1.82, 2.24) is 9.47 Å². The standard InChI is InChI=1S/C30H28N4O5S/c1-19(35)31-25-8-10-26(11-9-25)40(38,39)32-27-12-13-28-24-14-20(17-34(28)30(27)37)16-33(18-24)29(36)23-7-6-21-4-2-3-5-22(21)15-23/h2-13,15,20,24,32H,14,16-18H2,1H3,(H,31,35). The highest BCUT2D eigenvalue weighted by atomic mass is 32.2. The quantitative estimate of drug-likeness (QED) is 0.385. The highest BCUT2D eigenvalue weighted by Crippen LogP contribution is 2.36. The molecule has 9 nitrogen and oxygen atoms in total. The number of carbonyl (C=O) groups is 2. The van der Waals surface area contributed by atoms with Crippen molar-refractivity contribution in [3.05, 3.63) is 100 Å². The van der Waals surface area contributed by atoms with E-state index in [1.807, 2.05) is 47.4 Å². The molecule has 3 aromatic carbocycles. The summed E-state index contributed by atoms with van der Waals surface area (Å²) in [5, 5.41) is 4.68. The van der Waals surface area contributed by atoms with Gasteiger partial charge in [-0.3, -0.25) is 19.1 Å². The molecular weight excluding hydrogens is 528 g/mol. The summed E-state index contributed by atoms with van der Waals surface area (Å²) in [6.07, 6.45) is 0.868. The summed E-state index contributed by atoms with van der Waals surface area (Å²) in [5.41, 5.74) is 1.49. The van der Waals surface area contributed by atoms with Crippen LogP contribution in [0.25, 0.3) is 10.8 Å². The van der Waals surface area contributed by atoms with E-state index >= 15 is 0 Å². The first kappa shape index (κ1) is 25.8. The lowest BCUT2D eigenvalue weighted by Crippen LogP contribution is -2.49. The van der Waals surface area contributed by atoms with Crippen LogP contribution in [0.2, 0.25) is 0 Å². The minimum Gasteiger partial charge on any atom is -0.338 e. The van der Waals surface area contributed by atoms with Gasteiger partial charge in [0.1, 0.15) is 5.69 Å². The maximum Gasteiger partial charge on any atom is 0.275 e. The van der Waals surface area contributed by atoms with Gasteiger partial charge in [0.25, 0.3) is 21.5 Å². The van der Waals surface area contributed by atoms with Gasteiger partial charge in [0.15, 0.2) is 0 Å². The van der Waals surface area contributed by atoms with Crippen molar-refractivity contribution in [2.75, 3.05) is 23.1 Å². The van der Waals surface area contributed by atoms with Crippen molar-refractivity contribution < 1.29 is 18.0 Å². The lowest BCUT2D eigenvalue weighted by atomic mass is 9.83. The van der Waals surface area contributed by atoms with Crippen LogP contribution >= 0.6 is 0 Å². The Hall–Kier alpha value is -4.44. The molecule has 10 heteroatoms. The Morgan fingerprint density at radius 1 is 0.875 bits per heavy atom. The molecule has 1 aromatic heterocycles. The van der Waals surface area contributed by atoms with Crippen molar-refractivity contribution in [2.45, 2.75) is 30.7 Å². The number of anilines is 2. The molecule has 2 aliphatic heterocycles. The molecule has 40 heavy (non-hydrogen) atoms. The molecule has 0 spiro atoms. The minimum absolute atomic E-state index is 0.0171. The third-order valence-electron chi connectivity index (χ3n) is 7.62. The van der Waals surface area contributed by atoms with Crippen LogP contribution in [0.4, 0.5) is 11.4 Å². The van der Waals surface area contributed by atoms with E-state index in [-0.39, 0.29) is 34.2 Å². The second kappa shape index (κ2) is 9.95. The SMILES string of the molecule is CC(=O)Nc1ccc(S(=O)(=O)Nc2ccc3n(c2=O)CC2CC3CN(C(=O)c3ccc4ccccc4c3)C2)cc1. The monoisotopic (exact) mass is 556 g/mol. The topological polar surface area (TPSA) is 118 Å². The highest BCUT2D eigenvalue weighted by Gasteiger charge is 2.37. The number of amides is 2. The first-order valence-electron chi connectivity index (χ1n) is 13.1. The molecule has 0 aliphatic carbocycles. The largest absolute Gasteiger partial charge is 0.338 e. The lowest BCUT2D eigenvalue weighted by molar-refractivity contribution is -0.114. The van der Waals surface area contributed by atoms with Gasteiger partial charge < -0.3 is 14.8 Å². The third-order valence-corrected chi connectivity index (χ3v) is 9.00. The Labute approximate surface area is 231 Å². The second-order valence-electron chi connectivity index (χ2n) is 10.5. The average Bonchev–Trinajstić information content (AvgIpc) is 2.94. The molecule has 2 N–H and O–H groups in total. The Kier molecular flexibility index (Phi) is 6.42. The zero-order chi connectivity index (χ0) is 28.0. The number of nitrogens with one attached hydrogen (secondary N) is 2. The van der Waals surface area contributed by atoms with Crippen molar-refractivity contribution in [2.24, 2.45) is 5.92 Å². The number of fused-ring (bicyclic) bond motifs is 5. The summed E-state index contributed by atoms with van der Waals surface area (Å²) >= 11 is 0. The van der Waals surface area contributed by atoms with Gasteiger partial charge in [-0.15, -0.1) is 0 Å². The fourth-order valence-electron chi connectivity index (χ4n) is 5.82. The van der Waals surface area contributed by atoms with E-state index in [4.69, 9.17) is 0 Å². The molecular formula is C30H28N4O5S. The maximum atomic E-state index is 13.4. The number of nitrogens with zero attached hydrogens (tertiary/aromatic N) is 2. The van der Waals surface area contributed by atoms with E-state index in [1.54, 1.807) is 10.6 Å². The molecule has 0 saturated carbocycles. The summed E-state index contributed by atoms with van der Waals surface area (Å²) < 4.78 is 30.1. The fourth-order valence-corrected chi connectivity index (χ4v) is 6.88. The van der Waals surface area contributed by atoms with E-state index < -0.39 is 15.6 Å². The van der Waals surface area contributed by atoms with Crippen LogP contribution in [-0.4, -0.2) is 42.8 Å². The molecule has 1 saturated heterocycles. The normalized spacial score (nSPS) is 18.2. The van der Waals surface area contributed by atoms with Crippen LogP contribution in [0.1, 0.15) is 35.3 Å². The highest BCUT2D eigenvalue weighted by molar-refractivity contribution is 7.92.